The van der Waals surface area contributed by atoms with E-state index >= 15 is 0 Å². The average molecular weight is 371 g/mol. The fourth-order valence-electron chi connectivity index (χ4n) is 2.72. The standard InChI is InChI=1S/C17H14ClF3N2O2/c1-10(11-2-4-12(5-3-11)25-9-17(19,20)21)23-8-14-13(16(23)24)6-7-22-15(14)18/h2-7,10H,8-9H2,1H3. The van der Waals surface area contributed by atoms with Crippen LogP contribution in [0.25, 0.3) is 0 Å². The van der Waals surface area contributed by atoms with Crippen molar-refractivity contribution in [1.82, 2.24) is 9.88 Å². The number of rotatable bonds is 4. The predicted octanol–water partition coefficient (Wildman–Crippen LogP) is 4.39. The second-order valence-electron chi connectivity index (χ2n) is 5.71. The number of hydrogen-bond acceptors (Lipinski definition) is 3. The van der Waals surface area contributed by atoms with E-state index in [9.17, 15) is 18.0 Å². The van der Waals surface area contributed by atoms with E-state index in [0.717, 1.165) is 5.56 Å². The van der Waals surface area contributed by atoms with E-state index in [1.165, 1.54) is 18.3 Å². The summed E-state index contributed by atoms with van der Waals surface area (Å²) >= 11 is 6.04. The van der Waals surface area contributed by atoms with E-state index in [4.69, 9.17) is 11.6 Å². The molecule has 2 aromatic rings. The first kappa shape index (κ1) is 17.5. The lowest BCUT2D eigenvalue weighted by Crippen LogP contribution is -2.27. The van der Waals surface area contributed by atoms with Crippen molar-refractivity contribution >= 4 is 17.5 Å². The molecule has 4 nitrogen and oxygen atoms in total. The third-order valence-electron chi connectivity index (χ3n) is 4.06. The molecule has 0 saturated carbocycles. The smallest absolute Gasteiger partial charge is 0.422 e. The third kappa shape index (κ3) is 3.71. The molecule has 0 fully saturated rings. The van der Waals surface area contributed by atoms with Crippen molar-refractivity contribution < 1.29 is 22.7 Å². The topological polar surface area (TPSA) is 42.4 Å². The molecule has 1 amide bonds. The van der Waals surface area contributed by atoms with Crippen LogP contribution in [0.2, 0.25) is 5.15 Å². The average Bonchev–Trinajstić information content (AvgIpc) is 2.91. The zero-order valence-electron chi connectivity index (χ0n) is 13.2. The highest BCUT2D eigenvalue weighted by atomic mass is 35.5. The Morgan fingerprint density at radius 1 is 1.28 bits per heavy atom. The van der Waals surface area contributed by atoms with Gasteiger partial charge in [0.2, 0.25) is 0 Å². The van der Waals surface area contributed by atoms with Gasteiger partial charge in [0.05, 0.1) is 12.6 Å². The summed E-state index contributed by atoms with van der Waals surface area (Å²) in [5, 5.41) is 0.302. The molecule has 1 unspecified atom stereocenters. The van der Waals surface area contributed by atoms with Gasteiger partial charge in [0.15, 0.2) is 6.61 Å². The fraction of sp³-hybridized carbons (Fsp3) is 0.294. The molecule has 1 aromatic carbocycles. The summed E-state index contributed by atoms with van der Waals surface area (Å²) in [5.74, 6) is -0.0271. The van der Waals surface area contributed by atoms with Gasteiger partial charge in [-0.25, -0.2) is 4.98 Å². The van der Waals surface area contributed by atoms with Gasteiger partial charge in [0, 0.05) is 17.3 Å². The number of pyridine rings is 1. The Kier molecular flexibility index (Phi) is 4.60. The van der Waals surface area contributed by atoms with Crippen molar-refractivity contribution in [2.75, 3.05) is 6.61 Å². The summed E-state index contributed by atoms with van der Waals surface area (Å²) in [6.07, 6.45) is -2.90. The highest BCUT2D eigenvalue weighted by Gasteiger charge is 2.33. The van der Waals surface area contributed by atoms with Crippen LogP contribution >= 0.6 is 11.6 Å². The monoisotopic (exact) mass is 370 g/mol. The van der Waals surface area contributed by atoms with Crippen molar-refractivity contribution in [2.45, 2.75) is 25.7 Å². The Hall–Kier alpha value is -2.28. The van der Waals surface area contributed by atoms with Crippen LogP contribution in [0, 0.1) is 0 Å². The maximum absolute atomic E-state index is 12.5. The van der Waals surface area contributed by atoms with Crippen molar-refractivity contribution in [2.24, 2.45) is 0 Å². The summed E-state index contributed by atoms with van der Waals surface area (Å²) in [4.78, 5) is 18.2. The highest BCUT2D eigenvalue weighted by molar-refractivity contribution is 6.30. The van der Waals surface area contributed by atoms with Gasteiger partial charge in [-0.3, -0.25) is 4.79 Å². The Morgan fingerprint density at radius 2 is 1.96 bits per heavy atom. The molecule has 1 aliphatic heterocycles. The molecule has 1 atom stereocenters. The second-order valence-corrected chi connectivity index (χ2v) is 6.07. The lowest BCUT2D eigenvalue weighted by molar-refractivity contribution is -0.153. The van der Waals surface area contributed by atoms with Crippen LogP contribution in [0.15, 0.2) is 36.5 Å². The first-order valence-electron chi connectivity index (χ1n) is 7.50. The predicted molar refractivity (Wildman–Crippen MR) is 85.5 cm³/mol. The van der Waals surface area contributed by atoms with Crippen LogP contribution in [0.5, 0.6) is 5.75 Å². The van der Waals surface area contributed by atoms with E-state index in [2.05, 4.69) is 9.72 Å². The molecule has 3 rings (SSSR count). The summed E-state index contributed by atoms with van der Waals surface area (Å²) < 4.78 is 41.2. The summed E-state index contributed by atoms with van der Waals surface area (Å²) in [6.45, 7) is 0.846. The highest BCUT2D eigenvalue weighted by Crippen LogP contribution is 2.34. The Labute approximate surface area is 147 Å². The minimum absolute atomic E-state index is 0.122. The number of hydrogen-bond donors (Lipinski definition) is 0. The summed E-state index contributed by atoms with van der Waals surface area (Å²) in [6, 6.07) is 7.57. The molecular weight excluding hydrogens is 357 g/mol. The molecular formula is C17H14ClF3N2O2. The van der Waals surface area contributed by atoms with Crippen molar-refractivity contribution in [3.63, 3.8) is 0 Å². The number of ether oxygens (including phenoxy) is 1. The number of fused-ring (bicyclic) bond motifs is 1. The van der Waals surface area contributed by atoms with Crippen molar-refractivity contribution in [1.29, 1.82) is 0 Å². The molecule has 8 heteroatoms. The van der Waals surface area contributed by atoms with Gasteiger partial charge in [-0.05, 0) is 30.7 Å². The molecule has 0 spiro atoms. The number of aromatic nitrogens is 1. The maximum atomic E-state index is 12.5. The number of amides is 1. The first-order valence-corrected chi connectivity index (χ1v) is 7.88. The minimum atomic E-state index is -4.38. The largest absolute Gasteiger partial charge is 0.484 e. The van der Waals surface area contributed by atoms with Gasteiger partial charge in [-0.1, -0.05) is 23.7 Å². The zero-order valence-corrected chi connectivity index (χ0v) is 13.9. The molecule has 1 aliphatic rings. The van der Waals surface area contributed by atoms with E-state index in [1.807, 2.05) is 6.92 Å². The van der Waals surface area contributed by atoms with Gasteiger partial charge in [-0.15, -0.1) is 0 Å². The van der Waals surface area contributed by atoms with Crippen LogP contribution in [-0.2, 0) is 6.54 Å². The maximum Gasteiger partial charge on any atom is 0.422 e. The SMILES string of the molecule is CC(c1ccc(OCC(F)(F)F)cc1)N1Cc2c(ccnc2Cl)C1=O. The van der Waals surface area contributed by atoms with E-state index in [0.29, 0.717) is 22.8 Å². The lowest BCUT2D eigenvalue weighted by atomic mass is 10.1. The first-order chi connectivity index (χ1) is 11.8. The van der Waals surface area contributed by atoms with Crippen LogP contribution in [0.3, 0.4) is 0 Å². The lowest BCUT2D eigenvalue weighted by Gasteiger charge is -2.25. The third-order valence-corrected chi connectivity index (χ3v) is 4.38. The molecule has 0 aliphatic carbocycles. The Balaban J connectivity index is 1.73. The Bertz CT molecular complexity index is 793. The molecule has 0 saturated heterocycles. The van der Waals surface area contributed by atoms with Crippen molar-refractivity contribution in [3.8, 4) is 5.75 Å². The number of alkyl halides is 3. The minimum Gasteiger partial charge on any atom is -0.484 e. The van der Waals surface area contributed by atoms with Gasteiger partial charge in [-0.2, -0.15) is 13.2 Å². The van der Waals surface area contributed by atoms with E-state index < -0.39 is 12.8 Å². The van der Waals surface area contributed by atoms with Crippen LogP contribution in [0.4, 0.5) is 13.2 Å². The molecule has 0 N–H and O–H groups in total. The van der Waals surface area contributed by atoms with Gasteiger partial charge >= 0.3 is 6.18 Å². The summed E-state index contributed by atoms with van der Waals surface area (Å²) in [5.41, 5.74) is 1.99. The molecule has 1 aromatic heterocycles. The quantitative estimate of drug-likeness (QED) is 0.749. The molecule has 2 heterocycles. The van der Waals surface area contributed by atoms with Gasteiger partial charge in [0.25, 0.3) is 5.91 Å². The van der Waals surface area contributed by atoms with Crippen LogP contribution in [-0.4, -0.2) is 28.6 Å². The normalized spacial score (nSPS) is 15.2. The number of carbonyl (C=O) groups is 1. The van der Waals surface area contributed by atoms with E-state index in [1.54, 1.807) is 23.1 Å². The van der Waals surface area contributed by atoms with E-state index in [-0.39, 0.29) is 17.7 Å². The molecule has 25 heavy (non-hydrogen) atoms. The zero-order chi connectivity index (χ0) is 18.2. The van der Waals surface area contributed by atoms with Gasteiger partial charge in [0.1, 0.15) is 10.9 Å². The number of halogens is 4. The molecule has 0 radical (unpaired) electrons. The Morgan fingerprint density at radius 3 is 2.56 bits per heavy atom. The molecule has 0 bridgehead atoms. The van der Waals surface area contributed by atoms with Crippen LogP contribution < -0.4 is 4.74 Å². The van der Waals surface area contributed by atoms with Crippen LogP contribution in [0.1, 0.15) is 34.5 Å². The number of nitrogens with zero attached hydrogens (tertiary/aromatic N) is 2. The fourth-order valence-corrected chi connectivity index (χ4v) is 2.93. The summed E-state index contributed by atoms with van der Waals surface area (Å²) in [7, 11) is 0. The molecule has 132 valence electrons. The number of carbonyl (C=O) groups excluding carboxylic acids is 1. The van der Waals surface area contributed by atoms with Crippen molar-refractivity contribution in [3.05, 3.63) is 58.4 Å². The second kappa shape index (κ2) is 6.55. The van der Waals surface area contributed by atoms with Gasteiger partial charge < -0.3 is 9.64 Å². The number of benzene rings is 1.